The summed E-state index contributed by atoms with van der Waals surface area (Å²) in [5.41, 5.74) is 0.446. The molecule has 1 aromatic rings. The molecule has 0 radical (unpaired) electrons. The van der Waals surface area contributed by atoms with Crippen molar-refractivity contribution >= 4 is 17.9 Å². The third-order valence-electron chi connectivity index (χ3n) is 2.84. The van der Waals surface area contributed by atoms with Gasteiger partial charge < -0.3 is 19.8 Å². The zero-order chi connectivity index (χ0) is 15.6. The second-order valence-electron chi connectivity index (χ2n) is 4.22. The van der Waals surface area contributed by atoms with Crippen LogP contribution >= 0.6 is 0 Å². The summed E-state index contributed by atoms with van der Waals surface area (Å²) in [5, 5.41) is 15.6. The van der Waals surface area contributed by atoms with Gasteiger partial charge in [-0.3, -0.25) is 10.1 Å². The number of nitrogens with zero attached hydrogens (tertiary/aromatic N) is 1. The van der Waals surface area contributed by atoms with Crippen molar-refractivity contribution in [2.24, 2.45) is 0 Å². The van der Waals surface area contributed by atoms with Crippen molar-refractivity contribution in [2.45, 2.75) is 19.9 Å². The lowest BCUT2D eigenvalue weighted by Crippen LogP contribution is -2.45. The van der Waals surface area contributed by atoms with Gasteiger partial charge >= 0.3 is 17.9 Å². The summed E-state index contributed by atoms with van der Waals surface area (Å²) in [7, 11) is 0. The number of urea groups is 1. The Hall–Kier alpha value is -2.84. The van der Waals surface area contributed by atoms with Crippen LogP contribution in [0.1, 0.15) is 25.6 Å². The number of esters is 1. The van der Waals surface area contributed by atoms with E-state index in [2.05, 4.69) is 10.6 Å². The summed E-state index contributed by atoms with van der Waals surface area (Å²) in [6.07, 6.45) is 0. The van der Waals surface area contributed by atoms with Gasteiger partial charge in [0, 0.05) is 5.70 Å². The van der Waals surface area contributed by atoms with Crippen LogP contribution in [-0.2, 0) is 9.53 Å². The van der Waals surface area contributed by atoms with Gasteiger partial charge in [0.2, 0.25) is 0 Å². The topological polar surface area (TPSA) is 124 Å². The van der Waals surface area contributed by atoms with E-state index in [-0.39, 0.29) is 17.9 Å². The number of amides is 2. The number of hydrogen-bond donors (Lipinski definition) is 2. The fourth-order valence-electron chi connectivity index (χ4n) is 1.98. The Morgan fingerprint density at radius 2 is 2.24 bits per heavy atom. The van der Waals surface area contributed by atoms with Crippen molar-refractivity contribution in [1.29, 1.82) is 0 Å². The molecule has 1 aromatic heterocycles. The number of nitro groups is 1. The molecule has 9 nitrogen and oxygen atoms in total. The van der Waals surface area contributed by atoms with Crippen molar-refractivity contribution in [3.05, 3.63) is 39.3 Å². The van der Waals surface area contributed by atoms with Crippen LogP contribution in [0.25, 0.3) is 0 Å². The lowest BCUT2D eigenvalue weighted by atomic mass is 10.0. The standard InChI is InChI=1S/C12H13N3O6/c1-3-20-11(16)9-6(2)13-12(17)14-10(9)7-4-5-8(21-7)15(18)19/h4-5,10H,3H2,1-2H3,(H2,13,14,17)/t10-/m0/s1. The van der Waals surface area contributed by atoms with E-state index in [1.165, 1.54) is 13.0 Å². The number of carbonyl (C=O) groups is 2. The SMILES string of the molecule is CCOC(=O)C1=C(C)NC(=O)N[C@H]1c1ccc([N+](=O)[O-])o1. The molecule has 1 aliphatic rings. The summed E-state index contributed by atoms with van der Waals surface area (Å²) in [6, 6.07) is 1.01. The van der Waals surface area contributed by atoms with Crippen molar-refractivity contribution in [1.82, 2.24) is 10.6 Å². The third-order valence-corrected chi connectivity index (χ3v) is 2.84. The quantitative estimate of drug-likeness (QED) is 0.491. The van der Waals surface area contributed by atoms with Crippen molar-refractivity contribution < 1.29 is 23.7 Å². The molecular weight excluding hydrogens is 282 g/mol. The van der Waals surface area contributed by atoms with E-state index in [1.807, 2.05) is 0 Å². The molecule has 1 atom stereocenters. The van der Waals surface area contributed by atoms with Crippen LogP contribution in [0.4, 0.5) is 10.7 Å². The maximum atomic E-state index is 12.0. The van der Waals surface area contributed by atoms with Gasteiger partial charge in [0.15, 0.2) is 0 Å². The van der Waals surface area contributed by atoms with E-state index in [4.69, 9.17) is 9.15 Å². The molecule has 0 fully saturated rings. The first kappa shape index (κ1) is 14.6. The first-order valence-corrected chi connectivity index (χ1v) is 6.13. The minimum atomic E-state index is -0.938. The van der Waals surface area contributed by atoms with Crippen molar-refractivity contribution in [3.63, 3.8) is 0 Å². The van der Waals surface area contributed by atoms with Crippen LogP contribution in [0.3, 0.4) is 0 Å². The molecule has 0 saturated heterocycles. The highest BCUT2D eigenvalue weighted by Crippen LogP contribution is 2.30. The first-order chi connectivity index (χ1) is 9.93. The second kappa shape index (κ2) is 5.65. The van der Waals surface area contributed by atoms with Gasteiger partial charge in [-0.2, -0.15) is 0 Å². The van der Waals surface area contributed by atoms with Gasteiger partial charge in [-0.05, 0) is 19.9 Å². The van der Waals surface area contributed by atoms with Crippen LogP contribution in [0.2, 0.25) is 0 Å². The summed E-state index contributed by atoms with van der Waals surface area (Å²) in [5.74, 6) is -1.02. The number of hydrogen-bond acceptors (Lipinski definition) is 6. The van der Waals surface area contributed by atoms with Gasteiger partial charge in [-0.25, -0.2) is 9.59 Å². The van der Waals surface area contributed by atoms with E-state index in [1.54, 1.807) is 6.92 Å². The molecule has 0 saturated carbocycles. The monoisotopic (exact) mass is 295 g/mol. The molecule has 2 N–H and O–H groups in total. The Labute approximate surface area is 119 Å². The molecule has 2 amide bonds. The largest absolute Gasteiger partial charge is 0.463 e. The van der Waals surface area contributed by atoms with E-state index in [0.29, 0.717) is 5.70 Å². The van der Waals surface area contributed by atoms with Crippen LogP contribution < -0.4 is 10.6 Å². The van der Waals surface area contributed by atoms with Crippen LogP contribution in [-0.4, -0.2) is 23.5 Å². The molecule has 21 heavy (non-hydrogen) atoms. The van der Waals surface area contributed by atoms with E-state index in [9.17, 15) is 19.7 Å². The number of ether oxygens (including phenoxy) is 1. The second-order valence-corrected chi connectivity index (χ2v) is 4.22. The van der Waals surface area contributed by atoms with E-state index < -0.39 is 28.8 Å². The van der Waals surface area contributed by atoms with Gasteiger partial charge in [0.1, 0.15) is 16.7 Å². The minimum absolute atomic E-state index is 0.0824. The Kier molecular flexibility index (Phi) is 3.92. The minimum Gasteiger partial charge on any atom is -0.463 e. The average molecular weight is 295 g/mol. The summed E-state index contributed by atoms with van der Waals surface area (Å²) in [6.45, 7) is 3.35. The highest BCUT2D eigenvalue weighted by Gasteiger charge is 2.34. The Morgan fingerprint density at radius 1 is 1.52 bits per heavy atom. The number of allylic oxidation sites excluding steroid dienone is 1. The molecule has 9 heteroatoms. The molecule has 112 valence electrons. The highest BCUT2D eigenvalue weighted by atomic mass is 16.6. The maximum absolute atomic E-state index is 12.0. The fraction of sp³-hybridized carbons (Fsp3) is 0.333. The lowest BCUT2D eigenvalue weighted by Gasteiger charge is -2.26. The molecule has 2 heterocycles. The van der Waals surface area contributed by atoms with E-state index in [0.717, 1.165) is 6.07 Å². The maximum Gasteiger partial charge on any atom is 0.433 e. The average Bonchev–Trinajstić information content (AvgIpc) is 2.87. The highest BCUT2D eigenvalue weighted by molar-refractivity contribution is 5.94. The molecule has 1 aliphatic heterocycles. The molecule has 0 unspecified atom stereocenters. The third kappa shape index (κ3) is 2.86. The lowest BCUT2D eigenvalue weighted by molar-refractivity contribution is -0.402. The van der Waals surface area contributed by atoms with Crippen LogP contribution in [0.5, 0.6) is 0 Å². The first-order valence-electron chi connectivity index (χ1n) is 6.13. The molecule has 0 aromatic carbocycles. The smallest absolute Gasteiger partial charge is 0.433 e. The van der Waals surface area contributed by atoms with Gasteiger partial charge in [0.05, 0.1) is 18.2 Å². The molecule has 0 aliphatic carbocycles. The predicted octanol–water partition coefficient (Wildman–Crippen LogP) is 1.38. The summed E-state index contributed by atoms with van der Waals surface area (Å²) < 4.78 is 9.99. The predicted molar refractivity (Wildman–Crippen MR) is 69.1 cm³/mol. The molecule has 0 bridgehead atoms. The van der Waals surface area contributed by atoms with Crippen LogP contribution in [0.15, 0.2) is 27.8 Å². The fourth-order valence-corrected chi connectivity index (χ4v) is 1.98. The number of carbonyl (C=O) groups excluding carboxylic acids is 2. The number of nitrogens with one attached hydrogen (secondary N) is 2. The van der Waals surface area contributed by atoms with E-state index >= 15 is 0 Å². The Morgan fingerprint density at radius 3 is 2.81 bits per heavy atom. The summed E-state index contributed by atoms with van der Waals surface area (Å²) in [4.78, 5) is 33.5. The van der Waals surface area contributed by atoms with Gasteiger partial charge in [-0.1, -0.05) is 0 Å². The normalized spacial score (nSPS) is 18.0. The summed E-state index contributed by atoms with van der Waals surface area (Å²) >= 11 is 0. The Balaban J connectivity index is 2.41. The van der Waals surface area contributed by atoms with Crippen molar-refractivity contribution in [3.8, 4) is 0 Å². The van der Waals surface area contributed by atoms with Gasteiger partial charge in [-0.15, -0.1) is 0 Å². The van der Waals surface area contributed by atoms with Crippen molar-refractivity contribution in [2.75, 3.05) is 6.61 Å². The number of rotatable bonds is 4. The Bertz CT molecular complexity index is 633. The zero-order valence-electron chi connectivity index (χ0n) is 11.3. The van der Waals surface area contributed by atoms with Crippen LogP contribution in [0, 0.1) is 10.1 Å². The molecule has 0 spiro atoms. The van der Waals surface area contributed by atoms with Gasteiger partial charge in [0.25, 0.3) is 0 Å². The number of furan rings is 1. The zero-order valence-corrected chi connectivity index (χ0v) is 11.3. The molecular formula is C12H13N3O6. The molecule has 2 rings (SSSR count).